The Labute approximate surface area is 198 Å². The van der Waals surface area contributed by atoms with Crippen LogP contribution in [0.1, 0.15) is 16.2 Å². The zero-order valence-electron chi connectivity index (χ0n) is 19.7. The number of nitrogens with zero attached hydrogens (tertiary/aromatic N) is 4. The number of carbonyl (C=O) groups excluding carboxylic acids is 1. The lowest BCUT2D eigenvalue weighted by atomic mass is 10.1. The predicted octanol–water partition coefficient (Wildman–Crippen LogP) is 2.73. The minimum atomic E-state index is -0.0847. The first-order valence-corrected chi connectivity index (χ1v) is 10.8. The van der Waals surface area contributed by atoms with Crippen molar-refractivity contribution in [3.05, 3.63) is 47.9 Å². The van der Waals surface area contributed by atoms with Crippen LogP contribution < -0.4 is 18.9 Å². The topological polar surface area (TPSA) is 99.4 Å². The summed E-state index contributed by atoms with van der Waals surface area (Å²) in [6.45, 7) is 3.06. The average molecular weight is 469 g/mol. The van der Waals surface area contributed by atoms with Crippen LogP contribution in [-0.4, -0.2) is 80.5 Å². The Hall–Kier alpha value is -3.79. The molecule has 0 bridgehead atoms. The molecule has 0 saturated carbocycles. The SMILES string of the molecule is COc1ccc(-c2noc(CN3CCN(C(=O)c4cc(OC)c(OC)c(OC)c4)CC3)n2)cc1. The summed E-state index contributed by atoms with van der Waals surface area (Å²) in [5.74, 6) is 3.12. The lowest BCUT2D eigenvalue weighted by molar-refractivity contribution is 0.0614. The smallest absolute Gasteiger partial charge is 0.254 e. The van der Waals surface area contributed by atoms with Gasteiger partial charge < -0.3 is 28.4 Å². The van der Waals surface area contributed by atoms with Crippen LogP contribution in [0.15, 0.2) is 40.9 Å². The van der Waals surface area contributed by atoms with E-state index in [0.29, 0.717) is 67.3 Å². The first kappa shape index (κ1) is 23.4. The molecule has 34 heavy (non-hydrogen) atoms. The molecule has 2 aromatic carbocycles. The van der Waals surface area contributed by atoms with Crippen LogP contribution in [-0.2, 0) is 6.54 Å². The molecule has 1 saturated heterocycles. The van der Waals surface area contributed by atoms with Gasteiger partial charge in [-0.15, -0.1) is 0 Å². The molecule has 1 aliphatic heterocycles. The molecule has 1 amide bonds. The van der Waals surface area contributed by atoms with Crippen LogP contribution in [0.25, 0.3) is 11.4 Å². The molecule has 0 N–H and O–H groups in total. The van der Waals surface area contributed by atoms with Crippen molar-refractivity contribution in [2.75, 3.05) is 54.6 Å². The van der Waals surface area contributed by atoms with E-state index in [1.165, 1.54) is 21.3 Å². The minimum absolute atomic E-state index is 0.0847. The van der Waals surface area contributed by atoms with Gasteiger partial charge in [0.05, 0.1) is 35.0 Å². The van der Waals surface area contributed by atoms with E-state index in [0.717, 1.165) is 11.3 Å². The second-order valence-corrected chi connectivity index (χ2v) is 7.72. The first-order chi connectivity index (χ1) is 16.6. The average Bonchev–Trinajstić information content (AvgIpc) is 3.36. The van der Waals surface area contributed by atoms with Crippen molar-refractivity contribution in [3.8, 4) is 34.4 Å². The van der Waals surface area contributed by atoms with E-state index in [1.807, 2.05) is 29.2 Å². The molecule has 3 aromatic rings. The maximum atomic E-state index is 13.1. The third-order valence-electron chi connectivity index (χ3n) is 5.75. The number of ether oxygens (including phenoxy) is 4. The number of methoxy groups -OCH3 is 4. The summed E-state index contributed by atoms with van der Waals surface area (Å²) in [5, 5.41) is 4.08. The quantitative estimate of drug-likeness (QED) is 0.494. The maximum absolute atomic E-state index is 13.1. The number of aromatic nitrogens is 2. The summed E-state index contributed by atoms with van der Waals surface area (Å²) in [6, 6.07) is 10.8. The molecular weight excluding hydrogens is 440 g/mol. The van der Waals surface area contributed by atoms with Crippen LogP contribution in [0.2, 0.25) is 0 Å². The fourth-order valence-electron chi connectivity index (χ4n) is 3.86. The molecule has 10 nitrogen and oxygen atoms in total. The van der Waals surface area contributed by atoms with Crippen molar-refractivity contribution in [1.82, 2.24) is 19.9 Å². The molecule has 1 fully saturated rings. The van der Waals surface area contributed by atoms with Gasteiger partial charge in [0.25, 0.3) is 5.91 Å². The van der Waals surface area contributed by atoms with Crippen molar-refractivity contribution in [2.24, 2.45) is 0 Å². The third-order valence-corrected chi connectivity index (χ3v) is 5.75. The lowest BCUT2D eigenvalue weighted by Gasteiger charge is -2.34. The van der Waals surface area contributed by atoms with Gasteiger partial charge in [0.2, 0.25) is 17.5 Å². The van der Waals surface area contributed by atoms with Crippen LogP contribution in [0.4, 0.5) is 0 Å². The normalized spacial score (nSPS) is 14.1. The number of hydrogen-bond acceptors (Lipinski definition) is 9. The van der Waals surface area contributed by atoms with E-state index in [4.69, 9.17) is 23.5 Å². The molecule has 0 unspecified atom stereocenters. The van der Waals surface area contributed by atoms with Crippen LogP contribution in [0.3, 0.4) is 0 Å². The molecule has 2 heterocycles. The van der Waals surface area contributed by atoms with Gasteiger partial charge >= 0.3 is 0 Å². The van der Waals surface area contributed by atoms with Gasteiger partial charge in [-0.1, -0.05) is 5.16 Å². The number of piperazine rings is 1. The van der Waals surface area contributed by atoms with Gasteiger partial charge in [-0.25, -0.2) is 0 Å². The summed E-state index contributed by atoms with van der Waals surface area (Å²) in [4.78, 5) is 21.6. The Morgan fingerprint density at radius 3 is 2.12 bits per heavy atom. The Balaban J connectivity index is 1.36. The van der Waals surface area contributed by atoms with Crippen molar-refractivity contribution >= 4 is 5.91 Å². The largest absolute Gasteiger partial charge is 0.497 e. The monoisotopic (exact) mass is 468 g/mol. The zero-order chi connectivity index (χ0) is 24.1. The Kier molecular flexibility index (Phi) is 7.17. The highest BCUT2D eigenvalue weighted by Crippen LogP contribution is 2.38. The molecule has 1 aromatic heterocycles. The van der Waals surface area contributed by atoms with E-state index >= 15 is 0 Å². The molecule has 0 spiro atoms. The van der Waals surface area contributed by atoms with Crippen LogP contribution in [0, 0.1) is 0 Å². The Morgan fingerprint density at radius 2 is 1.56 bits per heavy atom. The van der Waals surface area contributed by atoms with E-state index in [1.54, 1.807) is 19.2 Å². The number of rotatable bonds is 8. The molecule has 10 heteroatoms. The summed E-state index contributed by atoms with van der Waals surface area (Å²) in [7, 11) is 6.22. The second kappa shape index (κ2) is 10.4. The van der Waals surface area contributed by atoms with Crippen molar-refractivity contribution in [1.29, 1.82) is 0 Å². The molecule has 0 atom stereocenters. The predicted molar refractivity (Wildman–Crippen MR) is 124 cm³/mol. The maximum Gasteiger partial charge on any atom is 0.254 e. The van der Waals surface area contributed by atoms with Gasteiger partial charge in [0.1, 0.15) is 5.75 Å². The summed E-state index contributed by atoms with van der Waals surface area (Å²) in [6.07, 6.45) is 0. The fourth-order valence-corrected chi connectivity index (χ4v) is 3.86. The van der Waals surface area contributed by atoms with Crippen molar-refractivity contribution in [2.45, 2.75) is 6.54 Å². The fraction of sp³-hybridized carbons (Fsp3) is 0.375. The third kappa shape index (κ3) is 4.91. The molecule has 1 aliphatic rings. The van der Waals surface area contributed by atoms with Gasteiger partial charge in [0.15, 0.2) is 11.5 Å². The molecule has 0 aliphatic carbocycles. The van der Waals surface area contributed by atoms with E-state index < -0.39 is 0 Å². The molecule has 180 valence electrons. The van der Waals surface area contributed by atoms with Crippen molar-refractivity contribution in [3.63, 3.8) is 0 Å². The summed E-state index contributed by atoms with van der Waals surface area (Å²) >= 11 is 0. The number of amides is 1. The van der Waals surface area contributed by atoms with Gasteiger partial charge in [-0.05, 0) is 36.4 Å². The van der Waals surface area contributed by atoms with Crippen LogP contribution in [0.5, 0.6) is 23.0 Å². The molecule has 4 rings (SSSR count). The highest BCUT2D eigenvalue weighted by atomic mass is 16.5. The zero-order valence-corrected chi connectivity index (χ0v) is 19.7. The highest BCUT2D eigenvalue weighted by molar-refractivity contribution is 5.95. The van der Waals surface area contributed by atoms with Gasteiger partial charge in [-0.2, -0.15) is 4.98 Å². The number of benzene rings is 2. The minimum Gasteiger partial charge on any atom is -0.497 e. The summed E-state index contributed by atoms with van der Waals surface area (Å²) in [5.41, 5.74) is 1.35. The number of hydrogen-bond donors (Lipinski definition) is 0. The number of carbonyl (C=O) groups is 1. The Morgan fingerprint density at radius 1 is 0.912 bits per heavy atom. The van der Waals surface area contributed by atoms with Gasteiger partial charge in [0, 0.05) is 37.3 Å². The van der Waals surface area contributed by atoms with Crippen molar-refractivity contribution < 1.29 is 28.3 Å². The summed E-state index contributed by atoms with van der Waals surface area (Å²) < 4.78 is 26.7. The lowest BCUT2D eigenvalue weighted by Crippen LogP contribution is -2.48. The van der Waals surface area contributed by atoms with E-state index in [9.17, 15) is 4.79 Å². The van der Waals surface area contributed by atoms with Crippen LogP contribution >= 0.6 is 0 Å². The molecular formula is C24H28N4O6. The van der Waals surface area contributed by atoms with E-state index in [2.05, 4.69) is 15.0 Å². The van der Waals surface area contributed by atoms with Gasteiger partial charge in [-0.3, -0.25) is 9.69 Å². The first-order valence-electron chi connectivity index (χ1n) is 10.8. The van der Waals surface area contributed by atoms with E-state index in [-0.39, 0.29) is 5.91 Å². The standard InChI is InChI=1S/C24H28N4O6/c1-30-18-7-5-16(6-8-18)23-25-21(34-26-23)15-27-9-11-28(12-10-27)24(29)17-13-19(31-2)22(33-4)20(14-17)32-3/h5-8,13-14H,9-12,15H2,1-4H3. The highest BCUT2D eigenvalue weighted by Gasteiger charge is 2.25. The molecule has 0 radical (unpaired) electrons. The Bertz CT molecular complexity index is 1100. The second-order valence-electron chi connectivity index (χ2n) is 7.72.